The summed E-state index contributed by atoms with van der Waals surface area (Å²) in [5.41, 5.74) is 4.15. The Kier molecular flexibility index (Phi) is 4.43. The third-order valence-corrected chi connectivity index (χ3v) is 4.63. The lowest BCUT2D eigenvalue weighted by Crippen LogP contribution is -2.14. The van der Waals surface area contributed by atoms with Crippen molar-refractivity contribution in [3.63, 3.8) is 0 Å². The number of methoxy groups -OCH3 is 1. The van der Waals surface area contributed by atoms with Gasteiger partial charge in [-0.05, 0) is 17.5 Å². The van der Waals surface area contributed by atoms with Crippen LogP contribution < -0.4 is 0 Å². The Morgan fingerprint density at radius 1 is 0.962 bits per heavy atom. The molecule has 26 heavy (non-hydrogen) atoms. The van der Waals surface area contributed by atoms with Crippen LogP contribution in [0.25, 0.3) is 21.9 Å². The molecule has 0 spiro atoms. The molecule has 2 aromatic carbocycles. The van der Waals surface area contributed by atoms with E-state index in [-0.39, 0.29) is 6.10 Å². The minimum Gasteiger partial charge on any atom is -0.369 e. The lowest BCUT2D eigenvalue weighted by atomic mass is 10.1. The van der Waals surface area contributed by atoms with Crippen molar-refractivity contribution in [2.24, 2.45) is 5.92 Å². The fraction of sp³-hybridized carbons (Fsp3) is 0.273. The van der Waals surface area contributed by atoms with E-state index in [1.165, 1.54) is 0 Å². The van der Waals surface area contributed by atoms with E-state index in [4.69, 9.17) is 9.72 Å². The molecule has 0 aliphatic carbocycles. The van der Waals surface area contributed by atoms with E-state index in [0.717, 1.165) is 39.9 Å². The van der Waals surface area contributed by atoms with Gasteiger partial charge in [-0.3, -0.25) is 4.98 Å². The smallest absolute Gasteiger partial charge is 0.143 e. The number of para-hydroxylation sites is 1. The fourth-order valence-corrected chi connectivity index (χ4v) is 3.55. The predicted molar refractivity (Wildman–Crippen MR) is 105 cm³/mol. The molecule has 2 aromatic heterocycles. The Bertz CT molecular complexity index is 1040. The Labute approximate surface area is 153 Å². The van der Waals surface area contributed by atoms with Crippen LogP contribution in [0.3, 0.4) is 0 Å². The van der Waals surface area contributed by atoms with Crippen molar-refractivity contribution >= 4 is 21.9 Å². The molecule has 1 unspecified atom stereocenters. The van der Waals surface area contributed by atoms with Gasteiger partial charge in [0.15, 0.2) is 0 Å². The van der Waals surface area contributed by atoms with Crippen molar-refractivity contribution in [2.75, 3.05) is 7.11 Å². The Morgan fingerprint density at radius 3 is 2.42 bits per heavy atom. The molecule has 4 nitrogen and oxygen atoms in total. The zero-order valence-corrected chi connectivity index (χ0v) is 15.4. The van der Waals surface area contributed by atoms with E-state index in [0.29, 0.717) is 5.92 Å². The first-order valence-electron chi connectivity index (χ1n) is 9.00. The van der Waals surface area contributed by atoms with Crippen molar-refractivity contribution in [1.82, 2.24) is 14.5 Å². The van der Waals surface area contributed by atoms with Crippen LogP contribution in [0.15, 0.2) is 60.8 Å². The highest BCUT2D eigenvalue weighted by atomic mass is 16.5. The number of aromatic nitrogens is 3. The van der Waals surface area contributed by atoms with Gasteiger partial charge < -0.3 is 9.30 Å². The second-order valence-electron chi connectivity index (χ2n) is 7.01. The van der Waals surface area contributed by atoms with Crippen LogP contribution in [-0.4, -0.2) is 21.6 Å². The molecule has 2 heterocycles. The molecule has 4 heteroatoms. The molecule has 0 N–H and O–H groups in total. The number of hydrogen-bond acceptors (Lipinski definition) is 3. The lowest BCUT2D eigenvalue weighted by molar-refractivity contribution is 0.125. The normalized spacial score (nSPS) is 12.9. The molecule has 0 saturated carbocycles. The summed E-state index contributed by atoms with van der Waals surface area (Å²) in [4.78, 5) is 9.52. The zero-order chi connectivity index (χ0) is 18.1. The highest BCUT2D eigenvalue weighted by molar-refractivity contribution is 6.02. The number of benzene rings is 2. The maximum absolute atomic E-state index is 5.88. The summed E-state index contributed by atoms with van der Waals surface area (Å²) >= 11 is 0. The number of ether oxygens (including phenoxy) is 1. The van der Waals surface area contributed by atoms with Crippen molar-refractivity contribution in [3.8, 4) is 0 Å². The minimum atomic E-state index is -0.207. The molecule has 4 aromatic rings. The first-order valence-corrected chi connectivity index (χ1v) is 9.00. The van der Waals surface area contributed by atoms with Crippen LogP contribution in [0.4, 0.5) is 0 Å². The van der Waals surface area contributed by atoms with Gasteiger partial charge >= 0.3 is 0 Å². The van der Waals surface area contributed by atoms with Gasteiger partial charge in [0.05, 0.1) is 17.2 Å². The largest absolute Gasteiger partial charge is 0.369 e. The van der Waals surface area contributed by atoms with Crippen LogP contribution in [-0.2, 0) is 11.3 Å². The molecule has 4 rings (SSSR count). The summed E-state index contributed by atoms with van der Waals surface area (Å²) in [6, 6.07) is 18.5. The monoisotopic (exact) mass is 345 g/mol. The van der Waals surface area contributed by atoms with Crippen molar-refractivity contribution in [2.45, 2.75) is 26.5 Å². The van der Waals surface area contributed by atoms with Gasteiger partial charge in [0, 0.05) is 19.0 Å². The van der Waals surface area contributed by atoms with E-state index >= 15 is 0 Å². The van der Waals surface area contributed by atoms with E-state index < -0.39 is 0 Å². The molecule has 0 saturated heterocycles. The van der Waals surface area contributed by atoms with Gasteiger partial charge in [-0.15, -0.1) is 0 Å². The minimum absolute atomic E-state index is 0.207. The predicted octanol–water partition coefficient (Wildman–Crippen LogP) is 4.98. The van der Waals surface area contributed by atoms with Gasteiger partial charge in [-0.2, -0.15) is 0 Å². The van der Waals surface area contributed by atoms with E-state index in [9.17, 15) is 0 Å². The molecule has 0 aliphatic heterocycles. The molecule has 0 aliphatic rings. The summed E-state index contributed by atoms with van der Waals surface area (Å²) < 4.78 is 8.19. The van der Waals surface area contributed by atoms with Crippen molar-refractivity contribution in [3.05, 3.63) is 72.2 Å². The van der Waals surface area contributed by atoms with Crippen molar-refractivity contribution in [1.29, 1.82) is 0 Å². The standard InChI is InChI=1S/C22H23N3O/c1-15(2)14-25-20-17-11-7-8-12-18(17)23-13-19(20)24-22(25)21(26-3)16-9-5-4-6-10-16/h4-13,15,21H,14H2,1-3H3. The molecule has 132 valence electrons. The second kappa shape index (κ2) is 6.89. The maximum atomic E-state index is 5.88. The van der Waals surface area contributed by atoms with Crippen molar-refractivity contribution < 1.29 is 4.74 Å². The summed E-state index contributed by atoms with van der Waals surface area (Å²) in [5.74, 6) is 1.42. The van der Waals surface area contributed by atoms with Gasteiger partial charge in [-0.25, -0.2) is 4.98 Å². The third-order valence-electron chi connectivity index (χ3n) is 4.63. The van der Waals surface area contributed by atoms with Crippen LogP contribution in [0.2, 0.25) is 0 Å². The summed E-state index contributed by atoms with van der Waals surface area (Å²) in [6.45, 7) is 5.33. The molecule has 0 radical (unpaired) electrons. The molecule has 0 fully saturated rings. The maximum Gasteiger partial charge on any atom is 0.143 e. The zero-order valence-electron chi connectivity index (χ0n) is 15.4. The fourth-order valence-electron chi connectivity index (χ4n) is 3.55. The number of pyridine rings is 1. The topological polar surface area (TPSA) is 39.9 Å². The second-order valence-corrected chi connectivity index (χ2v) is 7.01. The van der Waals surface area contributed by atoms with E-state index in [1.54, 1.807) is 7.11 Å². The number of nitrogens with zero attached hydrogens (tertiary/aromatic N) is 3. The molecule has 1 atom stereocenters. The van der Waals surface area contributed by atoms with E-state index in [1.807, 2.05) is 36.5 Å². The Morgan fingerprint density at radius 2 is 1.69 bits per heavy atom. The number of fused-ring (bicyclic) bond motifs is 3. The van der Waals surface area contributed by atoms with Crippen LogP contribution in [0.1, 0.15) is 31.3 Å². The lowest BCUT2D eigenvalue weighted by Gasteiger charge is -2.19. The number of imidazole rings is 1. The molecule has 0 bridgehead atoms. The van der Waals surface area contributed by atoms with Gasteiger partial charge in [-0.1, -0.05) is 62.4 Å². The summed E-state index contributed by atoms with van der Waals surface area (Å²) in [6.07, 6.45) is 1.66. The van der Waals surface area contributed by atoms with Crippen LogP contribution in [0, 0.1) is 5.92 Å². The summed E-state index contributed by atoms with van der Waals surface area (Å²) in [7, 11) is 1.74. The Balaban J connectivity index is 2.01. The van der Waals surface area contributed by atoms with E-state index in [2.05, 4.69) is 47.7 Å². The van der Waals surface area contributed by atoms with Gasteiger partial charge in [0.2, 0.25) is 0 Å². The average molecular weight is 345 g/mol. The first-order chi connectivity index (χ1) is 12.7. The van der Waals surface area contributed by atoms with Crippen LogP contribution in [0.5, 0.6) is 0 Å². The first kappa shape index (κ1) is 16.7. The molecular weight excluding hydrogens is 322 g/mol. The van der Waals surface area contributed by atoms with Gasteiger partial charge in [0.25, 0.3) is 0 Å². The van der Waals surface area contributed by atoms with Gasteiger partial charge in [0.1, 0.15) is 17.4 Å². The molecular formula is C22H23N3O. The number of hydrogen-bond donors (Lipinski definition) is 0. The molecule has 0 amide bonds. The van der Waals surface area contributed by atoms with Crippen LogP contribution >= 0.6 is 0 Å². The highest BCUT2D eigenvalue weighted by Gasteiger charge is 2.23. The highest BCUT2D eigenvalue weighted by Crippen LogP contribution is 2.31. The Hall–Kier alpha value is -2.72. The third kappa shape index (κ3) is 2.86. The SMILES string of the molecule is COC(c1ccccc1)c1nc2cnc3ccccc3c2n1CC(C)C. The number of rotatable bonds is 5. The quantitative estimate of drug-likeness (QED) is 0.512. The average Bonchev–Trinajstić information content (AvgIpc) is 3.01. The summed E-state index contributed by atoms with van der Waals surface area (Å²) in [5, 5.41) is 1.13.